The Balaban J connectivity index is 2.00. The first-order chi connectivity index (χ1) is 9.04. The average molecular weight is 281 g/mol. The maximum Gasteiger partial charge on any atom is 0.174 e. The number of nitrogens with zero attached hydrogens (tertiary/aromatic N) is 1. The minimum absolute atomic E-state index is 0.247. The van der Waals surface area contributed by atoms with Crippen LogP contribution < -0.4 is 0 Å². The minimum Gasteiger partial charge on any atom is -0.377 e. The molecule has 4 heteroatoms. The van der Waals surface area contributed by atoms with Crippen LogP contribution in [0.4, 0.5) is 0 Å². The predicted octanol–water partition coefficient (Wildman–Crippen LogP) is 3.22. The smallest absolute Gasteiger partial charge is 0.174 e. The Morgan fingerprint density at radius 3 is 2.79 bits per heavy atom. The van der Waals surface area contributed by atoms with Crippen LogP contribution in [0.1, 0.15) is 42.0 Å². The van der Waals surface area contributed by atoms with Crippen molar-refractivity contribution in [1.29, 1.82) is 0 Å². The maximum absolute atomic E-state index is 12.3. The van der Waals surface area contributed by atoms with Crippen molar-refractivity contribution < 1.29 is 9.53 Å². The number of aryl methyl sites for hydroxylation is 1. The van der Waals surface area contributed by atoms with Crippen LogP contribution in [0.15, 0.2) is 6.07 Å². The van der Waals surface area contributed by atoms with E-state index in [0.29, 0.717) is 11.0 Å². The molecule has 1 aromatic rings. The van der Waals surface area contributed by atoms with Gasteiger partial charge in [0, 0.05) is 35.4 Å². The number of ether oxygens (including phenoxy) is 1. The van der Waals surface area contributed by atoms with Crippen molar-refractivity contribution in [2.45, 2.75) is 52.0 Å². The number of hydrogen-bond acceptors (Lipinski definition) is 3. The Morgan fingerprint density at radius 2 is 2.26 bits per heavy atom. The van der Waals surface area contributed by atoms with E-state index < -0.39 is 0 Å². The van der Waals surface area contributed by atoms with Gasteiger partial charge in [0.15, 0.2) is 5.78 Å². The zero-order valence-electron chi connectivity index (χ0n) is 12.2. The van der Waals surface area contributed by atoms with E-state index in [1.54, 1.807) is 11.8 Å². The van der Waals surface area contributed by atoms with Crippen molar-refractivity contribution >= 4 is 17.5 Å². The summed E-state index contributed by atoms with van der Waals surface area (Å²) in [5.74, 6) is 0.809. The molecule has 0 N–H and O–H groups in total. The number of thioether (sulfide) groups is 1. The van der Waals surface area contributed by atoms with Crippen molar-refractivity contribution in [2.75, 3.05) is 12.4 Å². The SMILES string of the molecule is CCn1c(C)cc(C(=O)CSC2CCOC2C)c1C. The van der Waals surface area contributed by atoms with Gasteiger partial charge in [0.05, 0.1) is 11.9 Å². The topological polar surface area (TPSA) is 31.2 Å². The van der Waals surface area contributed by atoms with Gasteiger partial charge < -0.3 is 9.30 Å². The molecule has 3 nitrogen and oxygen atoms in total. The van der Waals surface area contributed by atoms with Gasteiger partial charge in [0.25, 0.3) is 0 Å². The van der Waals surface area contributed by atoms with Gasteiger partial charge in [0.1, 0.15) is 0 Å². The zero-order valence-corrected chi connectivity index (χ0v) is 13.0. The Morgan fingerprint density at radius 1 is 1.53 bits per heavy atom. The number of ketones is 1. The lowest BCUT2D eigenvalue weighted by molar-refractivity contribution is 0.102. The number of rotatable bonds is 5. The van der Waals surface area contributed by atoms with Crippen LogP contribution in [0.2, 0.25) is 0 Å². The van der Waals surface area contributed by atoms with Gasteiger partial charge >= 0.3 is 0 Å². The molecule has 1 aromatic heterocycles. The van der Waals surface area contributed by atoms with Crippen LogP contribution in [0.3, 0.4) is 0 Å². The molecular formula is C15H23NO2S. The first kappa shape index (κ1) is 14.7. The van der Waals surface area contributed by atoms with Crippen molar-refractivity contribution in [1.82, 2.24) is 4.57 Å². The third-order valence-electron chi connectivity index (χ3n) is 3.93. The number of Topliss-reactive ketones (excluding diaryl/α,β-unsaturated/α-hetero) is 1. The number of carbonyl (C=O) groups excluding carboxylic acids is 1. The van der Waals surface area contributed by atoms with Crippen LogP contribution in [0.5, 0.6) is 0 Å². The van der Waals surface area contributed by atoms with Gasteiger partial charge in [-0.25, -0.2) is 0 Å². The van der Waals surface area contributed by atoms with Gasteiger partial charge in [-0.2, -0.15) is 0 Å². The molecule has 2 rings (SSSR count). The third-order valence-corrected chi connectivity index (χ3v) is 5.40. The summed E-state index contributed by atoms with van der Waals surface area (Å²) in [5.41, 5.74) is 3.16. The van der Waals surface area contributed by atoms with Crippen molar-refractivity contribution in [3.63, 3.8) is 0 Å². The highest BCUT2D eigenvalue weighted by Crippen LogP contribution is 2.27. The molecule has 0 radical (unpaired) electrons. The van der Waals surface area contributed by atoms with Crippen LogP contribution in [0, 0.1) is 13.8 Å². The summed E-state index contributed by atoms with van der Waals surface area (Å²) in [6.45, 7) is 10.1. The van der Waals surface area contributed by atoms with Crippen LogP contribution in [0.25, 0.3) is 0 Å². The van der Waals surface area contributed by atoms with E-state index in [2.05, 4.69) is 25.3 Å². The first-order valence-electron chi connectivity index (χ1n) is 6.97. The summed E-state index contributed by atoms with van der Waals surface area (Å²) in [6, 6.07) is 2.02. The number of hydrogen-bond donors (Lipinski definition) is 0. The van der Waals surface area contributed by atoms with Gasteiger partial charge in [0.2, 0.25) is 0 Å². The second-order valence-corrected chi connectivity index (χ2v) is 6.39. The van der Waals surface area contributed by atoms with E-state index in [9.17, 15) is 4.79 Å². The fourth-order valence-corrected chi connectivity index (χ4v) is 3.89. The van der Waals surface area contributed by atoms with E-state index in [1.807, 2.05) is 13.0 Å². The highest BCUT2D eigenvalue weighted by molar-refractivity contribution is 8.00. The normalized spacial score (nSPS) is 22.9. The first-order valence-corrected chi connectivity index (χ1v) is 8.02. The lowest BCUT2D eigenvalue weighted by atomic mass is 10.2. The van der Waals surface area contributed by atoms with E-state index in [0.717, 1.165) is 30.8 Å². The molecule has 2 atom stereocenters. The van der Waals surface area contributed by atoms with Crippen LogP contribution >= 0.6 is 11.8 Å². The summed E-state index contributed by atoms with van der Waals surface area (Å²) in [5, 5.41) is 0.471. The molecule has 0 aliphatic carbocycles. The maximum atomic E-state index is 12.3. The van der Waals surface area contributed by atoms with E-state index in [4.69, 9.17) is 4.74 Å². The minimum atomic E-state index is 0.247. The third kappa shape index (κ3) is 3.06. The highest BCUT2D eigenvalue weighted by atomic mass is 32.2. The Hall–Kier alpha value is -0.740. The Kier molecular flexibility index (Phi) is 4.74. The lowest BCUT2D eigenvalue weighted by Gasteiger charge is -2.12. The Labute approximate surface area is 119 Å². The molecule has 106 valence electrons. The van der Waals surface area contributed by atoms with Gasteiger partial charge in [-0.15, -0.1) is 11.8 Å². The zero-order chi connectivity index (χ0) is 14.0. The predicted molar refractivity (Wildman–Crippen MR) is 80.2 cm³/mol. The standard InChI is InChI=1S/C15H23NO2S/c1-5-16-10(2)8-13(11(16)3)14(17)9-19-15-6-7-18-12(15)4/h8,12,15H,5-7,9H2,1-4H3. The molecule has 0 aromatic carbocycles. The molecular weight excluding hydrogens is 258 g/mol. The van der Waals surface area contributed by atoms with Crippen LogP contribution in [-0.4, -0.2) is 34.1 Å². The second kappa shape index (κ2) is 6.14. The number of aromatic nitrogens is 1. The summed E-state index contributed by atoms with van der Waals surface area (Å²) in [6.07, 6.45) is 1.34. The lowest BCUT2D eigenvalue weighted by Crippen LogP contribution is -2.16. The van der Waals surface area contributed by atoms with E-state index in [1.165, 1.54) is 5.69 Å². The van der Waals surface area contributed by atoms with Gasteiger partial charge in [-0.1, -0.05) is 0 Å². The van der Waals surface area contributed by atoms with Gasteiger partial charge in [-0.05, 0) is 40.2 Å². The fourth-order valence-electron chi connectivity index (χ4n) is 2.76. The fraction of sp³-hybridized carbons (Fsp3) is 0.667. The molecule has 2 heterocycles. The van der Waals surface area contributed by atoms with Crippen molar-refractivity contribution in [2.24, 2.45) is 0 Å². The summed E-state index contributed by atoms with van der Waals surface area (Å²) in [4.78, 5) is 12.3. The molecule has 0 spiro atoms. The van der Waals surface area contributed by atoms with Crippen molar-refractivity contribution in [3.05, 3.63) is 23.0 Å². The molecule has 0 amide bonds. The Bertz CT molecular complexity index is 467. The quantitative estimate of drug-likeness (QED) is 0.777. The monoisotopic (exact) mass is 281 g/mol. The van der Waals surface area contributed by atoms with E-state index in [-0.39, 0.29) is 11.9 Å². The largest absolute Gasteiger partial charge is 0.377 e. The molecule has 19 heavy (non-hydrogen) atoms. The van der Waals surface area contributed by atoms with E-state index >= 15 is 0 Å². The van der Waals surface area contributed by atoms with Gasteiger partial charge in [-0.3, -0.25) is 4.79 Å². The molecule has 0 bridgehead atoms. The average Bonchev–Trinajstić information content (AvgIpc) is 2.90. The molecule has 1 aliphatic rings. The second-order valence-electron chi connectivity index (χ2n) is 5.17. The summed E-state index contributed by atoms with van der Waals surface area (Å²) in [7, 11) is 0. The number of carbonyl (C=O) groups is 1. The van der Waals surface area contributed by atoms with Crippen LogP contribution in [-0.2, 0) is 11.3 Å². The summed E-state index contributed by atoms with van der Waals surface area (Å²) >= 11 is 1.74. The summed E-state index contributed by atoms with van der Waals surface area (Å²) < 4.78 is 7.73. The molecule has 1 aliphatic heterocycles. The molecule has 1 fully saturated rings. The highest BCUT2D eigenvalue weighted by Gasteiger charge is 2.26. The van der Waals surface area contributed by atoms with Crippen molar-refractivity contribution in [3.8, 4) is 0 Å². The molecule has 2 unspecified atom stereocenters. The molecule has 0 saturated carbocycles. The molecule has 1 saturated heterocycles.